The van der Waals surface area contributed by atoms with Crippen molar-refractivity contribution in [3.05, 3.63) is 6.20 Å². The number of likely N-dealkylation sites (N-methyl/N-ethyl adjacent to an activating group) is 1. The zero-order valence-electron chi connectivity index (χ0n) is 12.5. The third-order valence-electron chi connectivity index (χ3n) is 2.77. The minimum Gasteiger partial charge on any atom is -0.490 e. The Kier molecular flexibility index (Phi) is 5.62. The van der Waals surface area contributed by atoms with E-state index >= 15 is 0 Å². The number of aliphatic hydroxyl groups excluding tert-OH is 1. The first-order valence-electron chi connectivity index (χ1n) is 6.38. The first kappa shape index (κ1) is 15.8. The Bertz CT molecular complexity index is 388. The predicted octanol–water partition coefficient (Wildman–Crippen LogP) is 0.851. The zero-order valence-corrected chi connectivity index (χ0v) is 12.5. The summed E-state index contributed by atoms with van der Waals surface area (Å²) in [6.45, 7) is 5.96. The van der Waals surface area contributed by atoms with Crippen LogP contribution in [0.2, 0.25) is 0 Å². The number of methoxy groups -OCH3 is 1. The lowest BCUT2D eigenvalue weighted by atomic mass is 9.97. The van der Waals surface area contributed by atoms with E-state index < -0.39 is 0 Å². The van der Waals surface area contributed by atoms with Crippen molar-refractivity contribution in [2.75, 3.05) is 41.0 Å². The molecule has 19 heavy (non-hydrogen) atoms. The average Bonchev–Trinajstić information content (AvgIpc) is 2.76. The van der Waals surface area contributed by atoms with E-state index in [-0.39, 0.29) is 12.0 Å². The van der Waals surface area contributed by atoms with Crippen LogP contribution >= 0.6 is 0 Å². The number of ether oxygens (including phenoxy) is 2. The van der Waals surface area contributed by atoms with Gasteiger partial charge in [-0.25, -0.2) is 4.68 Å². The highest BCUT2D eigenvalue weighted by Gasteiger charge is 2.21. The van der Waals surface area contributed by atoms with E-state index in [1.165, 1.54) is 0 Å². The molecule has 1 rings (SSSR count). The van der Waals surface area contributed by atoms with E-state index in [1.54, 1.807) is 18.0 Å². The summed E-state index contributed by atoms with van der Waals surface area (Å²) in [6, 6.07) is 0. The van der Waals surface area contributed by atoms with Crippen molar-refractivity contribution in [3.63, 3.8) is 0 Å². The maximum Gasteiger partial charge on any atom is 0.255 e. The summed E-state index contributed by atoms with van der Waals surface area (Å²) in [5.74, 6) is 1.23. The maximum absolute atomic E-state index is 9.25. The second kappa shape index (κ2) is 6.77. The van der Waals surface area contributed by atoms with E-state index in [1.807, 2.05) is 27.9 Å². The minimum atomic E-state index is -0.290. The van der Waals surface area contributed by atoms with Gasteiger partial charge in [0.05, 0.1) is 33.1 Å². The Balaban J connectivity index is 2.75. The normalized spacial score (nSPS) is 11.9. The molecule has 0 aromatic carbocycles. The van der Waals surface area contributed by atoms with Crippen molar-refractivity contribution < 1.29 is 14.6 Å². The number of nitrogens with zero attached hydrogens (tertiary/aromatic N) is 3. The van der Waals surface area contributed by atoms with Crippen LogP contribution in [0.25, 0.3) is 0 Å². The van der Waals surface area contributed by atoms with Crippen LogP contribution in [0.1, 0.15) is 13.8 Å². The standard InChI is InChI=1S/C13H25N3O3/c1-13(2,9-17)10-19-12-11(18-5)8-14-16(12)7-6-15(3)4/h8,17H,6-7,9-10H2,1-5H3. The second-order valence-electron chi connectivity index (χ2n) is 5.66. The maximum atomic E-state index is 9.25. The summed E-state index contributed by atoms with van der Waals surface area (Å²) >= 11 is 0. The lowest BCUT2D eigenvalue weighted by Gasteiger charge is -2.22. The number of rotatable bonds is 8. The van der Waals surface area contributed by atoms with Gasteiger partial charge in [-0.05, 0) is 14.1 Å². The van der Waals surface area contributed by atoms with Gasteiger partial charge in [0.1, 0.15) is 0 Å². The van der Waals surface area contributed by atoms with E-state index in [2.05, 4.69) is 10.00 Å². The third kappa shape index (κ3) is 4.72. The molecule has 0 aliphatic heterocycles. The topological polar surface area (TPSA) is 59.8 Å². The fraction of sp³-hybridized carbons (Fsp3) is 0.769. The predicted molar refractivity (Wildman–Crippen MR) is 73.7 cm³/mol. The highest BCUT2D eigenvalue weighted by atomic mass is 16.5. The van der Waals surface area contributed by atoms with Crippen LogP contribution in [0.5, 0.6) is 11.6 Å². The van der Waals surface area contributed by atoms with Crippen LogP contribution < -0.4 is 9.47 Å². The first-order valence-corrected chi connectivity index (χ1v) is 6.38. The Morgan fingerprint density at radius 1 is 1.42 bits per heavy atom. The summed E-state index contributed by atoms with van der Waals surface area (Å²) in [6.07, 6.45) is 1.65. The van der Waals surface area contributed by atoms with Crippen molar-refractivity contribution in [2.45, 2.75) is 20.4 Å². The molecule has 1 aromatic heterocycles. The number of hydrogen-bond donors (Lipinski definition) is 1. The molecule has 0 radical (unpaired) electrons. The summed E-state index contributed by atoms with van der Waals surface area (Å²) in [5.41, 5.74) is -0.290. The molecule has 110 valence electrons. The molecule has 1 N–H and O–H groups in total. The largest absolute Gasteiger partial charge is 0.490 e. The van der Waals surface area contributed by atoms with Gasteiger partial charge in [0.2, 0.25) is 5.75 Å². The number of hydrogen-bond acceptors (Lipinski definition) is 5. The molecule has 0 fully saturated rings. The van der Waals surface area contributed by atoms with Crippen LogP contribution in [0.3, 0.4) is 0 Å². The Labute approximate surface area is 114 Å². The highest BCUT2D eigenvalue weighted by molar-refractivity contribution is 5.31. The molecular formula is C13H25N3O3. The summed E-state index contributed by atoms with van der Waals surface area (Å²) < 4.78 is 12.8. The van der Waals surface area contributed by atoms with Gasteiger partial charge in [0.15, 0.2) is 0 Å². The van der Waals surface area contributed by atoms with Crippen molar-refractivity contribution in [2.24, 2.45) is 5.41 Å². The molecule has 0 bridgehead atoms. The van der Waals surface area contributed by atoms with Gasteiger partial charge in [0.25, 0.3) is 5.88 Å². The molecule has 0 spiro atoms. The van der Waals surface area contributed by atoms with Gasteiger partial charge >= 0.3 is 0 Å². The number of aromatic nitrogens is 2. The van der Waals surface area contributed by atoms with Gasteiger partial charge in [-0.3, -0.25) is 0 Å². The van der Waals surface area contributed by atoms with Crippen LogP contribution in [0, 0.1) is 5.41 Å². The minimum absolute atomic E-state index is 0.0706. The fourth-order valence-corrected chi connectivity index (χ4v) is 1.41. The van der Waals surface area contributed by atoms with E-state index in [9.17, 15) is 5.11 Å². The lowest BCUT2D eigenvalue weighted by Crippen LogP contribution is -2.27. The molecule has 0 aliphatic rings. The fourth-order valence-electron chi connectivity index (χ4n) is 1.41. The SMILES string of the molecule is COc1cnn(CCN(C)C)c1OCC(C)(C)CO. The molecule has 0 saturated heterocycles. The zero-order chi connectivity index (χ0) is 14.5. The smallest absolute Gasteiger partial charge is 0.255 e. The van der Waals surface area contributed by atoms with Crippen molar-refractivity contribution in [1.29, 1.82) is 0 Å². The Morgan fingerprint density at radius 2 is 2.11 bits per heavy atom. The van der Waals surface area contributed by atoms with Crippen molar-refractivity contribution >= 4 is 0 Å². The molecule has 0 amide bonds. The van der Waals surface area contributed by atoms with Crippen LogP contribution in [-0.2, 0) is 6.54 Å². The summed E-state index contributed by atoms with van der Waals surface area (Å²) in [5, 5.41) is 13.5. The number of aliphatic hydroxyl groups is 1. The summed E-state index contributed by atoms with van der Waals surface area (Å²) in [4.78, 5) is 2.08. The average molecular weight is 271 g/mol. The van der Waals surface area contributed by atoms with Gasteiger partial charge in [-0.1, -0.05) is 13.8 Å². The molecule has 0 atom stereocenters. The molecular weight excluding hydrogens is 246 g/mol. The van der Waals surface area contributed by atoms with Crippen molar-refractivity contribution in [1.82, 2.24) is 14.7 Å². The van der Waals surface area contributed by atoms with Gasteiger partial charge < -0.3 is 19.5 Å². The van der Waals surface area contributed by atoms with Crippen LogP contribution in [-0.4, -0.2) is 60.8 Å². The molecule has 6 nitrogen and oxygen atoms in total. The van der Waals surface area contributed by atoms with Gasteiger partial charge in [-0.15, -0.1) is 0 Å². The third-order valence-corrected chi connectivity index (χ3v) is 2.77. The molecule has 6 heteroatoms. The monoisotopic (exact) mass is 271 g/mol. The lowest BCUT2D eigenvalue weighted by molar-refractivity contribution is 0.0898. The molecule has 0 unspecified atom stereocenters. The van der Waals surface area contributed by atoms with Gasteiger partial charge in [-0.2, -0.15) is 5.10 Å². The second-order valence-corrected chi connectivity index (χ2v) is 5.66. The molecule has 0 saturated carbocycles. The van der Waals surface area contributed by atoms with Crippen LogP contribution in [0.15, 0.2) is 6.20 Å². The highest BCUT2D eigenvalue weighted by Crippen LogP contribution is 2.28. The summed E-state index contributed by atoms with van der Waals surface area (Å²) in [7, 11) is 5.61. The molecule has 0 aliphatic carbocycles. The first-order chi connectivity index (χ1) is 8.89. The van der Waals surface area contributed by atoms with E-state index in [0.717, 1.165) is 13.1 Å². The Hall–Kier alpha value is -1.27. The van der Waals surface area contributed by atoms with E-state index in [4.69, 9.17) is 9.47 Å². The Morgan fingerprint density at radius 3 is 2.63 bits per heavy atom. The van der Waals surface area contributed by atoms with Crippen molar-refractivity contribution in [3.8, 4) is 11.6 Å². The van der Waals surface area contributed by atoms with E-state index in [0.29, 0.717) is 18.2 Å². The molecule has 1 aromatic rings. The molecule has 1 heterocycles. The van der Waals surface area contributed by atoms with Gasteiger partial charge in [0, 0.05) is 12.0 Å². The quantitative estimate of drug-likeness (QED) is 0.759. The van der Waals surface area contributed by atoms with Crippen LogP contribution in [0.4, 0.5) is 0 Å².